The first kappa shape index (κ1) is 6.81. The third kappa shape index (κ3) is 2.18. The average Bonchev–Trinajstić information content (AvgIpc) is 2.15. The summed E-state index contributed by atoms with van der Waals surface area (Å²) in [6.45, 7) is 0. The van der Waals surface area contributed by atoms with Crippen molar-refractivity contribution in [3.05, 3.63) is 0 Å². The minimum absolute atomic E-state index is 0.196. The van der Waals surface area contributed by atoms with Crippen LogP contribution in [0.4, 0.5) is 0 Å². The van der Waals surface area contributed by atoms with E-state index in [2.05, 4.69) is 17.5 Å². The van der Waals surface area contributed by atoms with Crippen molar-refractivity contribution in [1.82, 2.24) is 11.1 Å². The van der Waals surface area contributed by atoms with Crippen LogP contribution in [0.2, 0.25) is 0 Å². The van der Waals surface area contributed by atoms with E-state index in [0.29, 0.717) is 6.04 Å². The van der Waals surface area contributed by atoms with Crippen LogP contribution in [0, 0.1) is 0 Å². The number of hydrogen-bond donors (Lipinski definition) is 1. The van der Waals surface area contributed by atoms with Crippen LogP contribution in [0.1, 0.15) is 25.7 Å². The molecule has 1 aliphatic carbocycles. The molecule has 2 nitrogen and oxygen atoms in total. The molecule has 3 heteroatoms. The summed E-state index contributed by atoms with van der Waals surface area (Å²) in [5, 5.41) is 3.14. The van der Waals surface area contributed by atoms with Crippen molar-refractivity contribution in [2.45, 2.75) is 31.7 Å². The highest BCUT2D eigenvalue weighted by atomic mass is 32.1. The van der Waals surface area contributed by atoms with E-state index in [1.54, 1.807) is 0 Å². The lowest BCUT2D eigenvalue weighted by atomic mass is 10.3. The second-order valence-electron chi connectivity index (χ2n) is 2.45. The molecular weight excluding hydrogens is 132 g/mol. The molecule has 1 radical (unpaired) electrons. The molecule has 1 rings (SSSR count). The Bertz CT molecular complexity index is 108. The lowest BCUT2D eigenvalue weighted by Crippen LogP contribution is -2.31. The molecule has 0 unspecified atom stereocenters. The van der Waals surface area contributed by atoms with Crippen molar-refractivity contribution < 1.29 is 0 Å². The molecule has 0 atom stereocenters. The monoisotopic (exact) mass is 143 g/mol. The van der Waals surface area contributed by atoms with E-state index in [1.165, 1.54) is 25.7 Å². The van der Waals surface area contributed by atoms with Gasteiger partial charge >= 0.3 is 0 Å². The third-order valence-corrected chi connectivity index (χ3v) is 1.81. The fourth-order valence-electron chi connectivity index (χ4n) is 1.26. The second kappa shape index (κ2) is 3.01. The molecule has 1 saturated carbocycles. The SMILES string of the molecule is [NH]C(=S)NC1CCCC1. The summed E-state index contributed by atoms with van der Waals surface area (Å²) >= 11 is 4.59. The van der Waals surface area contributed by atoms with Gasteiger partial charge in [0.2, 0.25) is 0 Å². The molecule has 2 N–H and O–H groups in total. The Morgan fingerprint density at radius 3 is 2.44 bits per heavy atom. The molecule has 0 spiro atoms. The Kier molecular flexibility index (Phi) is 2.28. The normalized spacial score (nSPS) is 20.0. The quantitative estimate of drug-likeness (QED) is 0.558. The van der Waals surface area contributed by atoms with Crippen LogP contribution in [0.5, 0.6) is 0 Å². The Labute approximate surface area is 60.8 Å². The summed E-state index contributed by atoms with van der Waals surface area (Å²) in [6.07, 6.45) is 4.97. The first-order valence-electron chi connectivity index (χ1n) is 3.31. The van der Waals surface area contributed by atoms with Crippen molar-refractivity contribution >= 4 is 17.3 Å². The van der Waals surface area contributed by atoms with Gasteiger partial charge in [-0.15, -0.1) is 0 Å². The fourth-order valence-corrected chi connectivity index (χ4v) is 1.42. The van der Waals surface area contributed by atoms with E-state index < -0.39 is 0 Å². The lowest BCUT2D eigenvalue weighted by molar-refractivity contribution is 0.631. The van der Waals surface area contributed by atoms with Crippen LogP contribution in [-0.4, -0.2) is 11.2 Å². The highest BCUT2D eigenvalue weighted by molar-refractivity contribution is 7.80. The summed E-state index contributed by atoms with van der Waals surface area (Å²) in [6, 6.07) is 0.509. The summed E-state index contributed by atoms with van der Waals surface area (Å²) in [7, 11) is 0. The zero-order valence-corrected chi connectivity index (χ0v) is 6.13. The lowest BCUT2D eigenvalue weighted by Gasteiger charge is -2.08. The average molecular weight is 143 g/mol. The van der Waals surface area contributed by atoms with Crippen molar-refractivity contribution in [3.63, 3.8) is 0 Å². The van der Waals surface area contributed by atoms with Crippen LogP contribution in [-0.2, 0) is 0 Å². The number of hydrogen-bond acceptors (Lipinski definition) is 1. The van der Waals surface area contributed by atoms with Crippen LogP contribution in [0.15, 0.2) is 0 Å². The molecule has 0 aromatic carbocycles. The first-order valence-corrected chi connectivity index (χ1v) is 3.72. The molecule has 1 fully saturated rings. The molecule has 0 heterocycles. The van der Waals surface area contributed by atoms with Gasteiger partial charge in [0.25, 0.3) is 0 Å². The number of nitrogens with one attached hydrogen (secondary N) is 2. The summed E-state index contributed by atoms with van der Waals surface area (Å²) < 4.78 is 0. The minimum Gasteiger partial charge on any atom is -0.359 e. The molecule has 1 aliphatic rings. The maximum atomic E-state index is 6.96. The van der Waals surface area contributed by atoms with E-state index in [1.807, 2.05) is 0 Å². The first-order chi connectivity index (χ1) is 4.29. The maximum Gasteiger partial charge on any atom is 0.185 e. The summed E-state index contributed by atoms with van der Waals surface area (Å²) in [5.41, 5.74) is 6.96. The fraction of sp³-hybridized carbons (Fsp3) is 0.833. The molecule has 0 saturated heterocycles. The zero-order valence-electron chi connectivity index (χ0n) is 5.31. The third-order valence-electron chi connectivity index (χ3n) is 1.69. The molecular formula is C6H11N2S. The second-order valence-corrected chi connectivity index (χ2v) is 2.86. The van der Waals surface area contributed by atoms with E-state index in [9.17, 15) is 0 Å². The molecule has 9 heavy (non-hydrogen) atoms. The minimum atomic E-state index is 0.196. The molecule has 0 aromatic rings. The Morgan fingerprint density at radius 1 is 1.44 bits per heavy atom. The van der Waals surface area contributed by atoms with E-state index in [0.717, 1.165) is 0 Å². The van der Waals surface area contributed by atoms with Crippen molar-refractivity contribution in [2.75, 3.05) is 0 Å². The standard InChI is InChI=1S/C6H11N2S/c7-6(9)8-5-3-1-2-4-5/h5,7H,1-4H2,(H,8,9). The Balaban J connectivity index is 2.19. The molecule has 0 aliphatic heterocycles. The number of thiocarbonyl (C=S) groups is 1. The summed E-state index contributed by atoms with van der Waals surface area (Å²) in [4.78, 5) is 0. The van der Waals surface area contributed by atoms with Crippen LogP contribution < -0.4 is 11.1 Å². The molecule has 51 valence electrons. The van der Waals surface area contributed by atoms with Crippen LogP contribution in [0.25, 0.3) is 0 Å². The van der Waals surface area contributed by atoms with Gasteiger partial charge in [0.05, 0.1) is 0 Å². The van der Waals surface area contributed by atoms with Crippen molar-refractivity contribution in [2.24, 2.45) is 0 Å². The van der Waals surface area contributed by atoms with Gasteiger partial charge in [0, 0.05) is 6.04 Å². The maximum absolute atomic E-state index is 6.96. The smallest absolute Gasteiger partial charge is 0.185 e. The van der Waals surface area contributed by atoms with Crippen LogP contribution in [0.3, 0.4) is 0 Å². The van der Waals surface area contributed by atoms with Crippen molar-refractivity contribution in [3.8, 4) is 0 Å². The molecule has 0 aromatic heterocycles. The Hall–Kier alpha value is -0.310. The predicted octanol–water partition coefficient (Wildman–Crippen LogP) is 1.09. The van der Waals surface area contributed by atoms with Gasteiger partial charge in [-0.3, -0.25) is 5.73 Å². The largest absolute Gasteiger partial charge is 0.359 e. The van der Waals surface area contributed by atoms with Gasteiger partial charge in [-0.1, -0.05) is 12.8 Å². The van der Waals surface area contributed by atoms with E-state index >= 15 is 0 Å². The van der Waals surface area contributed by atoms with Crippen molar-refractivity contribution in [1.29, 1.82) is 0 Å². The number of rotatable bonds is 1. The molecule has 0 bridgehead atoms. The van der Waals surface area contributed by atoms with Gasteiger partial charge < -0.3 is 5.32 Å². The predicted molar refractivity (Wildman–Crippen MR) is 41.1 cm³/mol. The van der Waals surface area contributed by atoms with Gasteiger partial charge in [0.1, 0.15) is 0 Å². The Morgan fingerprint density at radius 2 is 2.00 bits per heavy atom. The summed E-state index contributed by atoms with van der Waals surface area (Å²) in [5.74, 6) is 0. The highest BCUT2D eigenvalue weighted by Crippen LogP contribution is 2.17. The van der Waals surface area contributed by atoms with Gasteiger partial charge in [-0.2, -0.15) is 0 Å². The van der Waals surface area contributed by atoms with Gasteiger partial charge in [-0.05, 0) is 25.1 Å². The van der Waals surface area contributed by atoms with Crippen LogP contribution >= 0.6 is 12.2 Å². The van der Waals surface area contributed by atoms with Gasteiger partial charge in [0.15, 0.2) is 5.11 Å². The highest BCUT2D eigenvalue weighted by Gasteiger charge is 2.13. The van der Waals surface area contributed by atoms with E-state index in [4.69, 9.17) is 5.73 Å². The molecule has 0 amide bonds. The van der Waals surface area contributed by atoms with Gasteiger partial charge in [-0.25, -0.2) is 0 Å². The van der Waals surface area contributed by atoms with E-state index in [-0.39, 0.29) is 5.11 Å². The zero-order chi connectivity index (χ0) is 6.69. The topological polar surface area (TPSA) is 35.8 Å².